The number of carbonyl (C=O) groups is 1. The van der Waals surface area contributed by atoms with Crippen molar-refractivity contribution in [3.05, 3.63) is 23.8 Å². The molecule has 104 valence electrons. The molecule has 1 aliphatic rings. The first-order chi connectivity index (χ1) is 8.97. The highest BCUT2D eigenvalue weighted by molar-refractivity contribution is 5.93. The summed E-state index contributed by atoms with van der Waals surface area (Å²) < 4.78 is 5.48. The van der Waals surface area contributed by atoms with Gasteiger partial charge in [-0.1, -0.05) is 13.8 Å². The number of anilines is 1. The zero-order chi connectivity index (χ0) is 14.0. The van der Waals surface area contributed by atoms with Crippen molar-refractivity contribution in [2.24, 2.45) is 11.8 Å². The minimum absolute atomic E-state index is 0.0560. The van der Waals surface area contributed by atoms with Crippen LogP contribution < -0.4 is 5.73 Å². The molecule has 0 spiro atoms. The molecular weight excluding hydrogens is 242 g/mol. The highest BCUT2D eigenvalue weighted by Gasteiger charge is 2.27. The molecule has 0 aliphatic heterocycles. The van der Waals surface area contributed by atoms with Crippen molar-refractivity contribution < 1.29 is 14.6 Å². The van der Waals surface area contributed by atoms with E-state index in [1.54, 1.807) is 6.07 Å². The summed E-state index contributed by atoms with van der Waals surface area (Å²) in [5, 5.41) is 9.67. The van der Waals surface area contributed by atoms with Crippen LogP contribution in [-0.2, 0) is 4.74 Å². The molecule has 0 bridgehead atoms. The van der Waals surface area contributed by atoms with E-state index in [2.05, 4.69) is 13.8 Å². The van der Waals surface area contributed by atoms with Crippen LogP contribution in [0.1, 0.15) is 43.5 Å². The Morgan fingerprint density at radius 3 is 2.74 bits per heavy atom. The molecule has 1 aromatic carbocycles. The Hall–Kier alpha value is -1.71. The maximum atomic E-state index is 12.0. The summed E-state index contributed by atoms with van der Waals surface area (Å²) in [6.45, 7) is 4.41. The molecule has 1 aliphatic carbocycles. The summed E-state index contributed by atoms with van der Waals surface area (Å²) in [6, 6.07) is 4.42. The number of benzene rings is 1. The molecule has 1 saturated carbocycles. The molecule has 0 heterocycles. The van der Waals surface area contributed by atoms with Gasteiger partial charge >= 0.3 is 5.97 Å². The van der Waals surface area contributed by atoms with Crippen LogP contribution >= 0.6 is 0 Å². The van der Waals surface area contributed by atoms with E-state index in [1.807, 2.05) is 0 Å². The number of nitrogen functional groups attached to an aromatic ring is 1. The molecular formula is C15H21NO3. The van der Waals surface area contributed by atoms with Gasteiger partial charge in [0.05, 0.1) is 0 Å². The van der Waals surface area contributed by atoms with Crippen LogP contribution in [0.5, 0.6) is 5.75 Å². The number of hydrogen-bond donors (Lipinski definition) is 2. The maximum Gasteiger partial charge on any atom is 0.342 e. The molecule has 0 saturated heterocycles. The number of esters is 1. The SMILES string of the molecule is CC1CCC(OC(=O)c2cc(N)ccc2O)CC1C. The highest BCUT2D eigenvalue weighted by atomic mass is 16.5. The lowest BCUT2D eigenvalue weighted by molar-refractivity contribution is 0.00854. The molecule has 4 nitrogen and oxygen atoms in total. The first kappa shape index (κ1) is 13.7. The van der Waals surface area contributed by atoms with Crippen molar-refractivity contribution >= 4 is 11.7 Å². The molecule has 3 atom stereocenters. The molecule has 19 heavy (non-hydrogen) atoms. The fraction of sp³-hybridized carbons (Fsp3) is 0.533. The first-order valence-corrected chi connectivity index (χ1v) is 6.77. The average Bonchev–Trinajstić information content (AvgIpc) is 2.36. The van der Waals surface area contributed by atoms with Crippen LogP contribution in [0.2, 0.25) is 0 Å². The molecule has 0 aromatic heterocycles. The number of rotatable bonds is 2. The predicted molar refractivity (Wildman–Crippen MR) is 73.9 cm³/mol. The zero-order valence-corrected chi connectivity index (χ0v) is 11.4. The number of hydrogen-bond acceptors (Lipinski definition) is 4. The summed E-state index contributed by atoms with van der Waals surface area (Å²) >= 11 is 0. The Morgan fingerprint density at radius 1 is 1.32 bits per heavy atom. The Balaban J connectivity index is 2.03. The smallest absolute Gasteiger partial charge is 0.342 e. The predicted octanol–water partition coefficient (Wildman–Crippen LogP) is 2.96. The lowest BCUT2D eigenvalue weighted by atomic mass is 9.80. The van der Waals surface area contributed by atoms with Gasteiger partial charge in [0.2, 0.25) is 0 Å². The third kappa shape index (κ3) is 3.19. The fourth-order valence-electron chi connectivity index (χ4n) is 2.54. The third-order valence-corrected chi connectivity index (χ3v) is 4.06. The molecule has 3 N–H and O–H groups in total. The van der Waals surface area contributed by atoms with E-state index in [-0.39, 0.29) is 17.4 Å². The lowest BCUT2D eigenvalue weighted by Crippen LogP contribution is -2.28. The molecule has 0 radical (unpaired) electrons. The van der Waals surface area contributed by atoms with Crippen molar-refractivity contribution in [2.45, 2.75) is 39.2 Å². The van der Waals surface area contributed by atoms with Gasteiger partial charge in [-0.25, -0.2) is 4.79 Å². The normalized spacial score (nSPS) is 26.9. The van der Waals surface area contributed by atoms with E-state index in [1.165, 1.54) is 12.1 Å². The Labute approximate surface area is 113 Å². The van der Waals surface area contributed by atoms with Gasteiger partial charge in [-0.05, 0) is 49.3 Å². The second-order valence-electron chi connectivity index (χ2n) is 5.57. The summed E-state index contributed by atoms with van der Waals surface area (Å²) in [7, 11) is 0. The van der Waals surface area contributed by atoms with Gasteiger partial charge in [-0.2, -0.15) is 0 Å². The number of nitrogens with two attached hydrogens (primary N) is 1. The summed E-state index contributed by atoms with van der Waals surface area (Å²) in [5.41, 5.74) is 6.20. The topological polar surface area (TPSA) is 72.5 Å². The second kappa shape index (κ2) is 5.51. The van der Waals surface area contributed by atoms with E-state index >= 15 is 0 Å². The Bertz CT molecular complexity index is 472. The van der Waals surface area contributed by atoms with Crippen LogP contribution in [0, 0.1) is 11.8 Å². The van der Waals surface area contributed by atoms with Crippen molar-refractivity contribution in [1.82, 2.24) is 0 Å². The van der Waals surface area contributed by atoms with E-state index in [4.69, 9.17) is 10.5 Å². The van der Waals surface area contributed by atoms with Gasteiger partial charge in [0, 0.05) is 5.69 Å². The second-order valence-corrected chi connectivity index (χ2v) is 5.57. The number of aromatic hydroxyl groups is 1. The Morgan fingerprint density at radius 2 is 2.05 bits per heavy atom. The van der Waals surface area contributed by atoms with E-state index in [0.717, 1.165) is 19.3 Å². The molecule has 1 aromatic rings. The van der Waals surface area contributed by atoms with E-state index < -0.39 is 5.97 Å². The molecule has 4 heteroatoms. The van der Waals surface area contributed by atoms with E-state index in [9.17, 15) is 9.90 Å². The van der Waals surface area contributed by atoms with Crippen LogP contribution in [0.4, 0.5) is 5.69 Å². The fourth-order valence-corrected chi connectivity index (χ4v) is 2.54. The molecule has 3 unspecified atom stereocenters. The van der Waals surface area contributed by atoms with Gasteiger partial charge in [-0.3, -0.25) is 0 Å². The van der Waals surface area contributed by atoms with Crippen molar-refractivity contribution in [3.63, 3.8) is 0 Å². The number of phenolic OH excluding ortho intramolecular Hbond substituents is 1. The van der Waals surface area contributed by atoms with Crippen molar-refractivity contribution in [3.8, 4) is 5.75 Å². The van der Waals surface area contributed by atoms with Crippen molar-refractivity contribution in [2.75, 3.05) is 5.73 Å². The molecule has 0 amide bonds. The van der Waals surface area contributed by atoms with Crippen LogP contribution in [0.3, 0.4) is 0 Å². The summed E-state index contributed by atoms with van der Waals surface area (Å²) in [6.07, 6.45) is 2.79. The minimum atomic E-state index is -0.489. The number of carbonyl (C=O) groups excluding carboxylic acids is 1. The average molecular weight is 263 g/mol. The quantitative estimate of drug-likeness (QED) is 0.489. The minimum Gasteiger partial charge on any atom is -0.507 e. The van der Waals surface area contributed by atoms with Crippen LogP contribution in [-0.4, -0.2) is 17.2 Å². The zero-order valence-electron chi connectivity index (χ0n) is 11.4. The van der Waals surface area contributed by atoms with Gasteiger partial charge in [-0.15, -0.1) is 0 Å². The third-order valence-electron chi connectivity index (χ3n) is 4.06. The van der Waals surface area contributed by atoms with Gasteiger partial charge in [0.25, 0.3) is 0 Å². The highest BCUT2D eigenvalue weighted by Crippen LogP contribution is 2.32. The summed E-state index contributed by atoms with van der Waals surface area (Å²) in [5.74, 6) is 0.657. The maximum absolute atomic E-state index is 12.0. The van der Waals surface area contributed by atoms with Gasteiger partial charge in [0.15, 0.2) is 0 Å². The monoisotopic (exact) mass is 263 g/mol. The van der Waals surface area contributed by atoms with Crippen LogP contribution in [0.25, 0.3) is 0 Å². The van der Waals surface area contributed by atoms with Gasteiger partial charge in [0.1, 0.15) is 17.4 Å². The van der Waals surface area contributed by atoms with Crippen molar-refractivity contribution in [1.29, 1.82) is 0 Å². The largest absolute Gasteiger partial charge is 0.507 e. The number of phenols is 1. The standard InChI is InChI=1S/C15H21NO3/c1-9-3-5-12(7-10(9)2)19-15(18)13-8-11(16)4-6-14(13)17/h4,6,8-10,12,17H,3,5,7,16H2,1-2H3. The molecule has 1 fully saturated rings. The lowest BCUT2D eigenvalue weighted by Gasteiger charge is -2.31. The first-order valence-electron chi connectivity index (χ1n) is 6.77. The van der Waals surface area contributed by atoms with E-state index in [0.29, 0.717) is 17.5 Å². The Kier molecular flexibility index (Phi) is 3.98. The molecule has 2 rings (SSSR count). The summed E-state index contributed by atoms with van der Waals surface area (Å²) in [4.78, 5) is 12.0. The van der Waals surface area contributed by atoms with Gasteiger partial charge < -0.3 is 15.6 Å². The number of ether oxygens (including phenoxy) is 1. The van der Waals surface area contributed by atoms with Crippen LogP contribution in [0.15, 0.2) is 18.2 Å².